The van der Waals surface area contributed by atoms with Crippen molar-refractivity contribution >= 4 is 34.5 Å². The molecule has 5 heteroatoms. The van der Waals surface area contributed by atoms with E-state index in [4.69, 9.17) is 0 Å². The first-order chi connectivity index (χ1) is 13.5. The van der Waals surface area contributed by atoms with Gasteiger partial charge in [-0.1, -0.05) is 37.8 Å². The Kier molecular flexibility index (Phi) is 6.25. The molecule has 0 unspecified atom stereocenters. The van der Waals surface area contributed by atoms with Gasteiger partial charge in [0.15, 0.2) is 0 Å². The highest BCUT2D eigenvalue weighted by molar-refractivity contribution is 7.10. The Hall–Kier alpha value is -3.36. The fraction of sp³-hybridized carbons (Fsp3) is 0.130. The van der Waals surface area contributed by atoms with Crippen molar-refractivity contribution in [3.05, 3.63) is 82.0 Å². The van der Waals surface area contributed by atoms with Crippen LogP contribution in [0, 0.1) is 17.8 Å². The van der Waals surface area contributed by atoms with Crippen molar-refractivity contribution in [1.29, 1.82) is 0 Å². The molecular weight excluding hydrogens is 368 g/mol. The quantitative estimate of drug-likeness (QED) is 0.618. The summed E-state index contributed by atoms with van der Waals surface area (Å²) in [5.41, 5.74) is 2.69. The van der Waals surface area contributed by atoms with Crippen LogP contribution in [0.2, 0.25) is 0 Å². The summed E-state index contributed by atoms with van der Waals surface area (Å²) < 4.78 is 0. The molecule has 0 saturated heterocycles. The maximum Gasteiger partial charge on any atom is 0.255 e. The summed E-state index contributed by atoms with van der Waals surface area (Å²) in [5, 5.41) is 7.67. The molecule has 3 aromatic rings. The Balaban J connectivity index is 1.66. The molecule has 28 heavy (non-hydrogen) atoms. The first kappa shape index (κ1) is 19.4. The summed E-state index contributed by atoms with van der Waals surface area (Å²) >= 11 is 1.59. The number of hydrogen-bond donors (Lipinski definition) is 2. The lowest BCUT2D eigenvalue weighted by Crippen LogP contribution is -2.18. The summed E-state index contributed by atoms with van der Waals surface area (Å²) in [6, 6.07) is 18.2. The Morgan fingerprint density at radius 1 is 0.893 bits per heavy atom. The second-order valence-corrected chi connectivity index (χ2v) is 7.43. The molecule has 3 rings (SSSR count). The van der Waals surface area contributed by atoms with E-state index in [1.165, 1.54) is 0 Å². The first-order valence-electron chi connectivity index (χ1n) is 8.89. The molecule has 4 nitrogen and oxygen atoms in total. The van der Waals surface area contributed by atoms with E-state index in [2.05, 4.69) is 22.5 Å². The van der Waals surface area contributed by atoms with E-state index in [9.17, 15) is 9.59 Å². The molecule has 0 spiro atoms. The molecule has 0 atom stereocenters. The number of rotatable bonds is 4. The number of nitrogens with one attached hydrogen (secondary N) is 2. The molecule has 0 saturated carbocycles. The largest absolute Gasteiger partial charge is 0.326 e. The molecule has 2 aromatic carbocycles. The van der Waals surface area contributed by atoms with Gasteiger partial charge in [-0.15, -0.1) is 11.3 Å². The molecule has 1 heterocycles. The Morgan fingerprint density at radius 3 is 2.36 bits per heavy atom. The number of amides is 2. The molecule has 0 bridgehead atoms. The summed E-state index contributed by atoms with van der Waals surface area (Å²) in [5.74, 6) is 5.83. The molecule has 0 radical (unpaired) electrons. The Bertz CT molecular complexity index is 1030. The topological polar surface area (TPSA) is 58.2 Å². The predicted octanol–water partition coefficient (Wildman–Crippen LogP) is 4.99. The van der Waals surface area contributed by atoms with Gasteiger partial charge in [-0.2, -0.15) is 0 Å². The van der Waals surface area contributed by atoms with Crippen LogP contribution in [0.15, 0.2) is 66.0 Å². The zero-order valence-corrected chi connectivity index (χ0v) is 16.5. The van der Waals surface area contributed by atoms with E-state index in [0.717, 1.165) is 10.4 Å². The predicted molar refractivity (Wildman–Crippen MR) is 115 cm³/mol. The van der Waals surface area contributed by atoms with Crippen molar-refractivity contribution in [2.24, 2.45) is 5.92 Å². The maximum atomic E-state index is 12.5. The van der Waals surface area contributed by atoms with Crippen LogP contribution in [-0.4, -0.2) is 11.8 Å². The van der Waals surface area contributed by atoms with Crippen LogP contribution < -0.4 is 10.6 Å². The smallest absolute Gasteiger partial charge is 0.255 e. The average Bonchev–Trinajstić information content (AvgIpc) is 3.21. The molecule has 0 aliphatic rings. The third-order valence-corrected chi connectivity index (χ3v) is 4.70. The number of carbonyl (C=O) groups is 2. The number of anilines is 2. The van der Waals surface area contributed by atoms with Crippen LogP contribution in [0.5, 0.6) is 0 Å². The van der Waals surface area contributed by atoms with Gasteiger partial charge in [0.2, 0.25) is 5.91 Å². The third-order valence-electron chi connectivity index (χ3n) is 3.91. The van der Waals surface area contributed by atoms with Crippen LogP contribution in [0.25, 0.3) is 0 Å². The van der Waals surface area contributed by atoms with E-state index in [1.54, 1.807) is 35.6 Å². The van der Waals surface area contributed by atoms with E-state index >= 15 is 0 Å². The minimum Gasteiger partial charge on any atom is -0.326 e. The van der Waals surface area contributed by atoms with Gasteiger partial charge >= 0.3 is 0 Å². The normalized spacial score (nSPS) is 10.1. The number of hydrogen-bond acceptors (Lipinski definition) is 3. The van der Waals surface area contributed by atoms with Gasteiger partial charge in [0.05, 0.1) is 4.88 Å². The molecule has 2 amide bonds. The Labute approximate surface area is 168 Å². The molecule has 140 valence electrons. The SMILES string of the molecule is CC(C)C(=O)Nc1ccc(C(=O)Nc2cccc(C#Cc3cccs3)c2)cc1. The molecular formula is C23H20N2O2S. The zero-order chi connectivity index (χ0) is 19.9. The van der Waals surface area contributed by atoms with Crippen molar-refractivity contribution in [2.75, 3.05) is 10.6 Å². The maximum absolute atomic E-state index is 12.5. The minimum atomic E-state index is -0.217. The van der Waals surface area contributed by atoms with E-state index in [0.29, 0.717) is 16.9 Å². The second kappa shape index (κ2) is 9.03. The van der Waals surface area contributed by atoms with E-state index in [1.807, 2.05) is 55.6 Å². The van der Waals surface area contributed by atoms with Crippen molar-refractivity contribution in [3.8, 4) is 11.8 Å². The monoisotopic (exact) mass is 388 g/mol. The summed E-state index contributed by atoms with van der Waals surface area (Å²) in [6.07, 6.45) is 0. The van der Waals surface area contributed by atoms with Crippen molar-refractivity contribution in [1.82, 2.24) is 0 Å². The molecule has 0 fully saturated rings. The number of benzene rings is 2. The van der Waals surface area contributed by atoms with Crippen LogP contribution in [0.4, 0.5) is 11.4 Å². The van der Waals surface area contributed by atoms with Gasteiger partial charge in [0, 0.05) is 28.4 Å². The molecule has 2 N–H and O–H groups in total. The second-order valence-electron chi connectivity index (χ2n) is 6.48. The van der Waals surface area contributed by atoms with Gasteiger partial charge in [-0.25, -0.2) is 0 Å². The van der Waals surface area contributed by atoms with Crippen molar-refractivity contribution < 1.29 is 9.59 Å². The van der Waals surface area contributed by atoms with Gasteiger partial charge in [0.1, 0.15) is 0 Å². The third kappa shape index (κ3) is 5.32. The van der Waals surface area contributed by atoms with Crippen LogP contribution >= 0.6 is 11.3 Å². The lowest BCUT2D eigenvalue weighted by atomic mass is 10.1. The highest BCUT2D eigenvalue weighted by atomic mass is 32.1. The Morgan fingerprint density at radius 2 is 1.68 bits per heavy atom. The average molecular weight is 388 g/mol. The van der Waals surface area contributed by atoms with Gasteiger partial charge < -0.3 is 10.6 Å². The summed E-state index contributed by atoms with van der Waals surface area (Å²) in [4.78, 5) is 25.2. The van der Waals surface area contributed by atoms with E-state index < -0.39 is 0 Å². The highest BCUT2D eigenvalue weighted by Crippen LogP contribution is 2.15. The standard InChI is InChI=1S/C23H20N2O2S/c1-16(2)22(26)24-19-11-9-18(10-12-19)23(27)25-20-6-3-5-17(15-20)8-13-21-7-4-14-28-21/h3-7,9-12,14-16H,1-2H3,(H,24,26)(H,25,27). The van der Waals surface area contributed by atoms with Crippen LogP contribution in [-0.2, 0) is 4.79 Å². The summed E-state index contributed by atoms with van der Waals surface area (Å²) in [6.45, 7) is 3.66. The molecule has 0 aliphatic carbocycles. The first-order valence-corrected chi connectivity index (χ1v) is 9.77. The van der Waals surface area contributed by atoms with Gasteiger partial charge in [-0.3, -0.25) is 9.59 Å². The lowest BCUT2D eigenvalue weighted by molar-refractivity contribution is -0.118. The minimum absolute atomic E-state index is 0.0577. The number of carbonyl (C=O) groups excluding carboxylic acids is 2. The molecule has 0 aliphatic heterocycles. The highest BCUT2D eigenvalue weighted by Gasteiger charge is 2.09. The summed E-state index contributed by atoms with van der Waals surface area (Å²) in [7, 11) is 0. The fourth-order valence-electron chi connectivity index (χ4n) is 2.35. The van der Waals surface area contributed by atoms with Crippen molar-refractivity contribution in [2.45, 2.75) is 13.8 Å². The fourth-order valence-corrected chi connectivity index (χ4v) is 2.92. The number of thiophene rings is 1. The van der Waals surface area contributed by atoms with Crippen LogP contribution in [0.3, 0.4) is 0 Å². The van der Waals surface area contributed by atoms with E-state index in [-0.39, 0.29) is 17.7 Å². The van der Waals surface area contributed by atoms with Gasteiger partial charge in [0.25, 0.3) is 5.91 Å². The lowest BCUT2D eigenvalue weighted by Gasteiger charge is -2.09. The van der Waals surface area contributed by atoms with Crippen LogP contribution in [0.1, 0.15) is 34.6 Å². The van der Waals surface area contributed by atoms with Crippen molar-refractivity contribution in [3.63, 3.8) is 0 Å². The van der Waals surface area contributed by atoms with Gasteiger partial charge in [-0.05, 0) is 53.9 Å². The zero-order valence-electron chi connectivity index (χ0n) is 15.7. The molecule has 1 aromatic heterocycles.